The van der Waals surface area contributed by atoms with Crippen LogP contribution in [0.15, 0.2) is 48.7 Å². The number of carbonyl (C=O) groups excluding carboxylic acids is 1. The van der Waals surface area contributed by atoms with Crippen molar-refractivity contribution in [3.8, 4) is 11.5 Å². The molecule has 1 aliphatic rings. The molecule has 0 amide bonds. The first kappa shape index (κ1) is 12.5. The summed E-state index contributed by atoms with van der Waals surface area (Å²) >= 11 is 0. The van der Waals surface area contributed by atoms with Gasteiger partial charge in [-0.15, -0.1) is 0 Å². The zero-order valence-corrected chi connectivity index (χ0v) is 10.9. The summed E-state index contributed by atoms with van der Waals surface area (Å²) in [5, 5.41) is 0. The van der Waals surface area contributed by atoms with Crippen LogP contribution in [0.25, 0.3) is 0 Å². The van der Waals surface area contributed by atoms with Gasteiger partial charge in [0.2, 0.25) is 0 Å². The fourth-order valence-electron chi connectivity index (χ4n) is 2.08. The Morgan fingerprint density at radius 1 is 1.20 bits per heavy atom. The van der Waals surface area contributed by atoms with E-state index in [0.29, 0.717) is 17.2 Å². The Kier molecular flexibility index (Phi) is 3.02. The number of pyridine rings is 1. The second-order valence-corrected chi connectivity index (χ2v) is 4.40. The van der Waals surface area contributed by atoms with Crippen molar-refractivity contribution in [2.45, 2.75) is 12.7 Å². The number of fused-ring (bicyclic) bond motifs is 1. The summed E-state index contributed by atoms with van der Waals surface area (Å²) < 4.78 is 16.9. The number of aromatic nitrogens is 1. The summed E-state index contributed by atoms with van der Waals surface area (Å²) in [5.41, 5.74) is 0.490. The fraction of sp³-hybridized carbons (Fsp3) is 0.200. The van der Waals surface area contributed by atoms with Gasteiger partial charge in [-0.25, -0.2) is 0 Å². The normalized spacial score (nSPS) is 20.2. The van der Waals surface area contributed by atoms with Gasteiger partial charge in [-0.05, 0) is 24.3 Å². The van der Waals surface area contributed by atoms with Crippen LogP contribution in [-0.4, -0.2) is 17.6 Å². The smallest absolute Gasteiger partial charge is 0.332 e. The van der Waals surface area contributed by atoms with Crippen LogP contribution in [0.3, 0.4) is 0 Å². The molecule has 2 heterocycles. The minimum atomic E-state index is -1.35. The first-order chi connectivity index (χ1) is 9.70. The molecule has 0 radical (unpaired) electrons. The van der Waals surface area contributed by atoms with E-state index in [9.17, 15) is 4.79 Å². The average Bonchev–Trinajstić information content (AvgIpc) is 2.47. The molecule has 0 aliphatic carbocycles. The molecule has 0 fully saturated rings. The maximum absolute atomic E-state index is 11.4. The van der Waals surface area contributed by atoms with E-state index in [1.165, 1.54) is 6.92 Å². The Bertz CT molecular complexity index is 629. The largest absolute Gasteiger partial charge is 0.481 e. The number of nitrogens with zero attached hydrogens (tertiary/aromatic N) is 1. The van der Waals surface area contributed by atoms with Crippen molar-refractivity contribution in [3.05, 3.63) is 54.4 Å². The maximum Gasteiger partial charge on any atom is 0.332 e. The van der Waals surface area contributed by atoms with E-state index < -0.39 is 11.8 Å². The molecule has 0 spiro atoms. The molecule has 0 bridgehead atoms. The maximum atomic E-state index is 11.4. The molecule has 1 atom stereocenters. The van der Waals surface area contributed by atoms with Crippen LogP contribution in [-0.2, 0) is 15.3 Å². The standard InChI is InChI=1S/C15H13NO4/c1-11(17)19-15(14-8-4-5-9-16-14)10-18-12-6-2-3-7-13(12)20-15/h2-9H,10H2,1H3/t15-/m1/s1. The minimum absolute atomic E-state index is 0.0562. The highest BCUT2D eigenvalue weighted by Crippen LogP contribution is 2.39. The van der Waals surface area contributed by atoms with Gasteiger partial charge in [-0.2, -0.15) is 0 Å². The Labute approximate surface area is 116 Å². The summed E-state index contributed by atoms with van der Waals surface area (Å²) in [6.07, 6.45) is 1.62. The van der Waals surface area contributed by atoms with Crippen molar-refractivity contribution >= 4 is 5.97 Å². The van der Waals surface area contributed by atoms with Gasteiger partial charge >= 0.3 is 11.8 Å². The zero-order valence-electron chi connectivity index (χ0n) is 10.9. The molecule has 1 aromatic heterocycles. The molecule has 1 aliphatic heterocycles. The number of hydrogen-bond donors (Lipinski definition) is 0. The summed E-state index contributed by atoms with van der Waals surface area (Å²) in [5.74, 6) is -0.669. The molecule has 102 valence electrons. The predicted octanol–water partition coefficient (Wildman–Crippen LogP) is 2.27. The first-order valence-corrected chi connectivity index (χ1v) is 6.21. The molecule has 1 aromatic carbocycles. The van der Waals surface area contributed by atoms with Gasteiger partial charge in [0.05, 0.1) is 0 Å². The third-order valence-corrected chi connectivity index (χ3v) is 2.91. The highest BCUT2D eigenvalue weighted by molar-refractivity contribution is 5.66. The number of rotatable bonds is 2. The number of para-hydroxylation sites is 2. The first-order valence-electron chi connectivity index (χ1n) is 6.21. The fourth-order valence-corrected chi connectivity index (χ4v) is 2.08. The number of hydrogen-bond acceptors (Lipinski definition) is 5. The van der Waals surface area contributed by atoms with Crippen molar-refractivity contribution in [2.24, 2.45) is 0 Å². The summed E-state index contributed by atoms with van der Waals surface area (Å²) in [6, 6.07) is 12.5. The van der Waals surface area contributed by atoms with E-state index in [-0.39, 0.29) is 6.61 Å². The lowest BCUT2D eigenvalue weighted by Gasteiger charge is -2.36. The highest BCUT2D eigenvalue weighted by Gasteiger charge is 2.44. The topological polar surface area (TPSA) is 57.7 Å². The molecule has 2 aromatic rings. The van der Waals surface area contributed by atoms with Crippen LogP contribution in [0, 0.1) is 0 Å². The number of carbonyl (C=O) groups is 1. The van der Waals surface area contributed by atoms with E-state index in [0.717, 1.165) is 0 Å². The molecule has 3 rings (SSSR count). The lowest BCUT2D eigenvalue weighted by Crippen LogP contribution is -2.46. The lowest BCUT2D eigenvalue weighted by atomic mass is 10.1. The molecule has 5 heteroatoms. The third kappa shape index (κ3) is 2.18. The lowest BCUT2D eigenvalue weighted by molar-refractivity contribution is -0.220. The van der Waals surface area contributed by atoms with E-state index in [2.05, 4.69) is 4.98 Å². The van der Waals surface area contributed by atoms with Crippen molar-refractivity contribution in [1.29, 1.82) is 0 Å². The van der Waals surface area contributed by atoms with Crippen LogP contribution in [0.4, 0.5) is 0 Å². The van der Waals surface area contributed by atoms with Crippen molar-refractivity contribution in [2.75, 3.05) is 6.61 Å². The Hall–Kier alpha value is -2.56. The van der Waals surface area contributed by atoms with Crippen LogP contribution in [0.5, 0.6) is 11.5 Å². The molecule has 0 N–H and O–H groups in total. The van der Waals surface area contributed by atoms with Gasteiger partial charge in [-0.3, -0.25) is 9.78 Å². The van der Waals surface area contributed by atoms with Crippen LogP contribution in [0.1, 0.15) is 12.6 Å². The number of benzene rings is 1. The van der Waals surface area contributed by atoms with Gasteiger partial charge in [-0.1, -0.05) is 18.2 Å². The molecule has 0 unspecified atom stereocenters. The Balaban J connectivity index is 2.03. The van der Waals surface area contributed by atoms with Crippen molar-refractivity contribution in [3.63, 3.8) is 0 Å². The van der Waals surface area contributed by atoms with E-state index in [1.807, 2.05) is 12.1 Å². The summed E-state index contributed by atoms with van der Waals surface area (Å²) in [6.45, 7) is 1.38. The van der Waals surface area contributed by atoms with E-state index in [1.54, 1.807) is 36.5 Å². The number of ether oxygens (including phenoxy) is 3. The van der Waals surface area contributed by atoms with Crippen molar-refractivity contribution < 1.29 is 19.0 Å². The summed E-state index contributed by atoms with van der Waals surface area (Å²) in [7, 11) is 0. The van der Waals surface area contributed by atoms with Crippen LogP contribution >= 0.6 is 0 Å². The predicted molar refractivity (Wildman–Crippen MR) is 70.2 cm³/mol. The second-order valence-electron chi connectivity index (χ2n) is 4.40. The Morgan fingerprint density at radius 3 is 2.65 bits per heavy atom. The highest BCUT2D eigenvalue weighted by atomic mass is 16.7. The molecule has 5 nitrogen and oxygen atoms in total. The van der Waals surface area contributed by atoms with Crippen molar-refractivity contribution in [1.82, 2.24) is 4.98 Å². The van der Waals surface area contributed by atoms with Gasteiger partial charge in [0.15, 0.2) is 18.1 Å². The molecule has 0 saturated heterocycles. The molecular formula is C15H13NO4. The Morgan fingerprint density at radius 2 is 1.95 bits per heavy atom. The monoisotopic (exact) mass is 271 g/mol. The molecule has 20 heavy (non-hydrogen) atoms. The van der Waals surface area contributed by atoms with Gasteiger partial charge in [0.25, 0.3) is 0 Å². The van der Waals surface area contributed by atoms with E-state index in [4.69, 9.17) is 14.2 Å². The minimum Gasteiger partial charge on any atom is -0.481 e. The van der Waals surface area contributed by atoms with Gasteiger partial charge < -0.3 is 14.2 Å². The van der Waals surface area contributed by atoms with Gasteiger partial charge in [0.1, 0.15) is 5.69 Å². The average molecular weight is 271 g/mol. The zero-order chi connectivity index (χ0) is 14.0. The van der Waals surface area contributed by atoms with E-state index >= 15 is 0 Å². The van der Waals surface area contributed by atoms with Crippen LogP contribution in [0.2, 0.25) is 0 Å². The van der Waals surface area contributed by atoms with Crippen LogP contribution < -0.4 is 9.47 Å². The SMILES string of the molecule is CC(=O)O[C@]1(c2ccccn2)COc2ccccc2O1. The molecular weight excluding hydrogens is 258 g/mol. The quantitative estimate of drug-likeness (QED) is 0.784. The third-order valence-electron chi connectivity index (χ3n) is 2.91. The number of esters is 1. The second kappa shape index (κ2) is 4.85. The summed E-state index contributed by atoms with van der Waals surface area (Å²) in [4.78, 5) is 15.6. The van der Waals surface area contributed by atoms with Gasteiger partial charge in [0, 0.05) is 13.1 Å². The molecule has 0 saturated carbocycles.